The quantitative estimate of drug-likeness (QED) is 0.845. The second-order valence-corrected chi connectivity index (χ2v) is 5.75. The number of benzene rings is 1. The number of rotatable bonds is 1. The average Bonchev–Trinajstić information content (AvgIpc) is 2.69. The van der Waals surface area contributed by atoms with Gasteiger partial charge in [0.2, 0.25) is 0 Å². The van der Waals surface area contributed by atoms with E-state index in [9.17, 15) is 4.79 Å². The molecule has 0 amide bonds. The van der Waals surface area contributed by atoms with E-state index in [1.54, 1.807) is 0 Å². The minimum atomic E-state index is -0.273. The first-order valence-electron chi connectivity index (χ1n) is 6.01. The van der Waals surface area contributed by atoms with Crippen molar-refractivity contribution in [2.75, 3.05) is 0 Å². The van der Waals surface area contributed by atoms with Crippen molar-refractivity contribution in [3.63, 3.8) is 0 Å². The van der Waals surface area contributed by atoms with Crippen molar-refractivity contribution < 1.29 is 4.42 Å². The summed E-state index contributed by atoms with van der Waals surface area (Å²) in [6.07, 6.45) is 5.59. The van der Waals surface area contributed by atoms with Gasteiger partial charge < -0.3 is 10.2 Å². The Hall–Kier alpha value is -1.13. The zero-order valence-electron chi connectivity index (χ0n) is 9.57. The maximum atomic E-state index is 11.3. The first kappa shape index (κ1) is 11.0. The van der Waals surface area contributed by atoms with Gasteiger partial charge in [0.15, 0.2) is 0 Å². The third-order valence-corrected chi connectivity index (χ3v) is 4.52. The standard InChI is InChI=1S/C13H15NO2S/c14-13(7-2-1-3-8-13)9-5-4-6-10-11(9)17-12(15)16-10/h4-6H,1-3,7-8,14H2. The summed E-state index contributed by atoms with van der Waals surface area (Å²) in [5.74, 6) is 0. The maximum Gasteiger partial charge on any atom is 0.396 e. The van der Waals surface area contributed by atoms with Crippen LogP contribution >= 0.6 is 11.3 Å². The van der Waals surface area contributed by atoms with E-state index in [1.165, 1.54) is 30.6 Å². The Morgan fingerprint density at radius 1 is 1.24 bits per heavy atom. The molecule has 0 spiro atoms. The third kappa shape index (κ3) is 1.81. The fourth-order valence-corrected chi connectivity index (χ4v) is 3.63. The first-order valence-corrected chi connectivity index (χ1v) is 6.83. The lowest BCUT2D eigenvalue weighted by Crippen LogP contribution is -2.38. The Morgan fingerprint density at radius 3 is 2.76 bits per heavy atom. The van der Waals surface area contributed by atoms with Crippen LogP contribution in [0.25, 0.3) is 10.3 Å². The summed E-state index contributed by atoms with van der Waals surface area (Å²) >= 11 is 1.17. The van der Waals surface area contributed by atoms with Gasteiger partial charge in [0, 0.05) is 5.54 Å². The lowest BCUT2D eigenvalue weighted by atomic mass is 9.77. The largest absolute Gasteiger partial charge is 0.414 e. The van der Waals surface area contributed by atoms with Gasteiger partial charge in [-0.3, -0.25) is 0 Å². The van der Waals surface area contributed by atoms with E-state index in [0.717, 1.165) is 23.1 Å². The lowest BCUT2D eigenvalue weighted by molar-refractivity contribution is 0.304. The van der Waals surface area contributed by atoms with Crippen molar-refractivity contribution in [2.45, 2.75) is 37.6 Å². The molecule has 3 nitrogen and oxygen atoms in total. The molecule has 1 aromatic carbocycles. The van der Waals surface area contributed by atoms with Gasteiger partial charge in [-0.15, -0.1) is 0 Å². The van der Waals surface area contributed by atoms with Crippen molar-refractivity contribution in [1.82, 2.24) is 0 Å². The predicted molar refractivity (Wildman–Crippen MR) is 69.3 cm³/mol. The van der Waals surface area contributed by atoms with E-state index in [2.05, 4.69) is 0 Å². The van der Waals surface area contributed by atoms with Gasteiger partial charge in [0.1, 0.15) is 5.58 Å². The smallest absolute Gasteiger partial charge is 0.396 e. The van der Waals surface area contributed by atoms with Crippen LogP contribution < -0.4 is 10.7 Å². The van der Waals surface area contributed by atoms with Gasteiger partial charge in [0.25, 0.3) is 0 Å². The van der Waals surface area contributed by atoms with Crippen LogP contribution in [0.1, 0.15) is 37.7 Å². The molecule has 17 heavy (non-hydrogen) atoms. The van der Waals surface area contributed by atoms with Crippen LogP contribution in [0.4, 0.5) is 0 Å². The molecular formula is C13H15NO2S. The summed E-state index contributed by atoms with van der Waals surface area (Å²) in [6.45, 7) is 0. The molecule has 0 atom stereocenters. The summed E-state index contributed by atoms with van der Waals surface area (Å²) in [5, 5.41) is 0. The van der Waals surface area contributed by atoms with Gasteiger partial charge in [-0.05, 0) is 24.5 Å². The lowest BCUT2D eigenvalue weighted by Gasteiger charge is -2.34. The van der Waals surface area contributed by atoms with E-state index in [0.29, 0.717) is 5.58 Å². The highest BCUT2D eigenvalue weighted by Gasteiger charge is 2.31. The van der Waals surface area contributed by atoms with Crippen molar-refractivity contribution in [1.29, 1.82) is 0 Å². The molecule has 1 saturated carbocycles. The topological polar surface area (TPSA) is 56.2 Å². The Morgan fingerprint density at radius 2 is 2.00 bits per heavy atom. The summed E-state index contributed by atoms with van der Waals surface area (Å²) in [4.78, 5) is 11.1. The summed E-state index contributed by atoms with van der Waals surface area (Å²) in [7, 11) is 0. The van der Waals surface area contributed by atoms with E-state index in [-0.39, 0.29) is 10.5 Å². The second-order valence-electron chi connectivity index (χ2n) is 4.80. The molecule has 0 unspecified atom stereocenters. The van der Waals surface area contributed by atoms with E-state index in [1.807, 2.05) is 18.2 Å². The Balaban J connectivity index is 2.18. The molecule has 1 heterocycles. The van der Waals surface area contributed by atoms with Crippen LogP contribution in [0.3, 0.4) is 0 Å². The average molecular weight is 249 g/mol. The van der Waals surface area contributed by atoms with Crippen LogP contribution in [0.2, 0.25) is 0 Å². The molecule has 4 heteroatoms. The zero-order chi connectivity index (χ0) is 11.9. The number of fused-ring (bicyclic) bond motifs is 1. The van der Waals surface area contributed by atoms with Gasteiger partial charge in [-0.2, -0.15) is 0 Å². The number of hydrogen-bond acceptors (Lipinski definition) is 4. The Kier molecular flexibility index (Phi) is 2.56. The van der Waals surface area contributed by atoms with Gasteiger partial charge in [-0.25, -0.2) is 4.79 Å². The molecule has 1 aliphatic carbocycles. The normalized spacial score (nSPS) is 19.6. The molecule has 2 N–H and O–H groups in total. The summed E-state index contributed by atoms with van der Waals surface area (Å²) in [5.41, 5.74) is 8.01. The third-order valence-electron chi connectivity index (χ3n) is 3.64. The van der Waals surface area contributed by atoms with E-state index < -0.39 is 0 Å². The second kappa shape index (κ2) is 3.96. The van der Waals surface area contributed by atoms with Gasteiger partial charge in [-0.1, -0.05) is 42.7 Å². The van der Waals surface area contributed by atoms with Crippen LogP contribution in [0.5, 0.6) is 0 Å². The molecule has 0 bridgehead atoms. The summed E-state index contributed by atoms with van der Waals surface area (Å²) in [6, 6.07) is 5.80. The molecular weight excluding hydrogens is 234 g/mol. The molecule has 2 aromatic rings. The zero-order valence-corrected chi connectivity index (χ0v) is 10.4. The van der Waals surface area contributed by atoms with Crippen molar-refractivity contribution in [3.05, 3.63) is 33.5 Å². The molecule has 3 rings (SSSR count). The fraction of sp³-hybridized carbons (Fsp3) is 0.462. The van der Waals surface area contributed by atoms with Crippen LogP contribution in [0, 0.1) is 0 Å². The van der Waals surface area contributed by atoms with Crippen molar-refractivity contribution >= 4 is 21.6 Å². The first-order chi connectivity index (χ1) is 8.19. The number of nitrogens with two attached hydrogens (primary N) is 1. The highest BCUT2D eigenvalue weighted by molar-refractivity contribution is 7.16. The maximum absolute atomic E-state index is 11.3. The van der Waals surface area contributed by atoms with E-state index in [4.69, 9.17) is 10.2 Å². The Bertz CT molecular complexity index is 593. The minimum absolute atomic E-state index is 0.244. The highest BCUT2D eigenvalue weighted by atomic mass is 32.1. The molecule has 0 saturated heterocycles. The molecule has 1 aromatic heterocycles. The van der Waals surface area contributed by atoms with Crippen molar-refractivity contribution in [2.24, 2.45) is 5.73 Å². The molecule has 0 radical (unpaired) electrons. The molecule has 90 valence electrons. The van der Waals surface area contributed by atoms with E-state index >= 15 is 0 Å². The van der Waals surface area contributed by atoms with Crippen LogP contribution in [0.15, 0.2) is 27.4 Å². The van der Waals surface area contributed by atoms with Gasteiger partial charge >= 0.3 is 4.94 Å². The van der Waals surface area contributed by atoms with Crippen LogP contribution in [-0.4, -0.2) is 0 Å². The van der Waals surface area contributed by atoms with Crippen LogP contribution in [-0.2, 0) is 5.54 Å². The monoisotopic (exact) mass is 249 g/mol. The SMILES string of the molecule is NC1(c2cccc3oc(=O)sc23)CCCCC1. The van der Waals surface area contributed by atoms with Crippen molar-refractivity contribution in [3.8, 4) is 0 Å². The number of hydrogen-bond donors (Lipinski definition) is 1. The predicted octanol–water partition coefficient (Wildman–Crippen LogP) is 2.97. The van der Waals surface area contributed by atoms with Gasteiger partial charge in [0.05, 0.1) is 4.70 Å². The summed E-state index contributed by atoms with van der Waals surface area (Å²) < 4.78 is 6.08. The Labute approximate surface area is 103 Å². The minimum Gasteiger partial charge on any atom is -0.414 e. The highest BCUT2D eigenvalue weighted by Crippen LogP contribution is 2.38. The molecule has 0 aliphatic heterocycles. The molecule has 1 fully saturated rings. The fourth-order valence-electron chi connectivity index (χ4n) is 2.74. The molecule has 1 aliphatic rings.